The fourth-order valence-corrected chi connectivity index (χ4v) is 0.545. The van der Waals surface area contributed by atoms with Crippen LogP contribution in [0.25, 0.3) is 0 Å². The molecule has 0 bridgehead atoms. The van der Waals surface area contributed by atoms with E-state index in [1.165, 1.54) is 12.3 Å². The second-order valence-electron chi connectivity index (χ2n) is 1.65. The first-order chi connectivity index (χ1) is 4.33. The molecule has 0 aliphatic heterocycles. The molecule has 48 valence electrons. The molecule has 1 heterocycles. The minimum atomic E-state index is -0.457. The summed E-state index contributed by atoms with van der Waals surface area (Å²) in [4.78, 5) is 7.32. The van der Waals surface area contributed by atoms with Crippen LogP contribution >= 0.6 is 0 Å². The van der Waals surface area contributed by atoms with Crippen molar-refractivity contribution >= 4 is 0 Å². The van der Waals surface area contributed by atoms with Gasteiger partial charge in [0.25, 0.3) is 0 Å². The second-order valence-corrected chi connectivity index (χ2v) is 1.65. The smallest absolute Gasteiger partial charge is 0.216 e. The molecule has 9 heavy (non-hydrogen) atoms. The Morgan fingerprint density at radius 3 is 2.89 bits per heavy atom. The van der Waals surface area contributed by atoms with Gasteiger partial charge in [0.1, 0.15) is 5.82 Å². The van der Waals surface area contributed by atoms with Crippen molar-refractivity contribution in [1.29, 1.82) is 0 Å². The first-order valence-corrected chi connectivity index (χ1v) is 2.80. The van der Waals surface area contributed by atoms with Gasteiger partial charge in [-0.05, 0) is 0 Å². The molecule has 0 radical (unpaired) electrons. The zero-order valence-electron chi connectivity index (χ0n) is 5.13. The molecular weight excluding hydrogens is 119 g/mol. The van der Waals surface area contributed by atoms with Gasteiger partial charge in [-0.25, -0.2) is 9.97 Å². The Labute approximate surface area is 52.8 Å². The van der Waals surface area contributed by atoms with Crippen molar-refractivity contribution in [2.45, 2.75) is 13.3 Å². The van der Waals surface area contributed by atoms with Crippen LogP contribution in [0, 0.1) is 5.95 Å². The lowest BCUT2D eigenvalue weighted by Gasteiger charge is -1.90. The van der Waals surface area contributed by atoms with E-state index in [9.17, 15) is 4.39 Å². The molecule has 0 saturated carbocycles. The lowest BCUT2D eigenvalue weighted by molar-refractivity contribution is 0.570. The van der Waals surface area contributed by atoms with E-state index in [0.29, 0.717) is 12.2 Å². The first kappa shape index (κ1) is 6.13. The summed E-state index contributed by atoms with van der Waals surface area (Å²) in [7, 11) is 0. The third kappa shape index (κ3) is 1.45. The number of aromatic nitrogens is 2. The molecule has 0 aliphatic carbocycles. The number of rotatable bonds is 1. The van der Waals surface area contributed by atoms with Crippen molar-refractivity contribution in [3.8, 4) is 0 Å². The summed E-state index contributed by atoms with van der Waals surface area (Å²) >= 11 is 0. The van der Waals surface area contributed by atoms with Crippen LogP contribution in [0.4, 0.5) is 4.39 Å². The van der Waals surface area contributed by atoms with Crippen molar-refractivity contribution < 1.29 is 4.39 Å². The maximum absolute atomic E-state index is 12.2. The fraction of sp³-hybridized carbons (Fsp3) is 0.333. The van der Waals surface area contributed by atoms with E-state index >= 15 is 0 Å². The van der Waals surface area contributed by atoms with Gasteiger partial charge >= 0.3 is 0 Å². The standard InChI is InChI=1S/C6H7FN2/c1-2-6-8-4-3-5(7)9-6/h3-4H,2H2,1H3. The van der Waals surface area contributed by atoms with Crippen molar-refractivity contribution in [3.63, 3.8) is 0 Å². The monoisotopic (exact) mass is 126 g/mol. The van der Waals surface area contributed by atoms with Crippen LogP contribution in [0.5, 0.6) is 0 Å². The highest BCUT2D eigenvalue weighted by Gasteiger charge is 1.92. The van der Waals surface area contributed by atoms with Gasteiger partial charge in [0.2, 0.25) is 5.95 Å². The third-order valence-corrected chi connectivity index (χ3v) is 0.988. The van der Waals surface area contributed by atoms with Crippen molar-refractivity contribution in [3.05, 3.63) is 24.0 Å². The molecule has 0 aromatic carbocycles. The van der Waals surface area contributed by atoms with Gasteiger partial charge in [-0.15, -0.1) is 0 Å². The number of aryl methyl sites for hydroxylation is 1. The van der Waals surface area contributed by atoms with E-state index in [1.54, 1.807) is 0 Å². The normalized spacial score (nSPS) is 9.56. The van der Waals surface area contributed by atoms with Crippen molar-refractivity contribution in [1.82, 2.24) is 9.97 Å². The van der Waals surface area contributed by atoms with Crippen molar-refractivity contribution in [2.24, 2.45) is 0 Å². The quantitative estimate of drug-likeness (QED) is 0.528. The molecule has 0 aliphatic rings. The lowest BCUT2D eigenvalue weighted by Crippen LogP contribution is -1.93. The van der Waals surface area contributed by atoms with Crippen molar-refractivity contribution in [2.75, 3.05) is 0 Å². The van der Waals surface area contributed by atoms with E-state index < -0.39 is 5.95 Å². The Hall–Kier alpha value is -0.990. The van der Waals surface area contributed by atoms with Gasteiger partial charge in [0.15, 0.2) is 0 Å². The summed E-state index contributed by atoms with van der Waals surface area (Å²) in [6.45, 7) is 1.88. The summed E-state index contributed by atoms with van der Waals surface area (Å²) in [6, 6.07) is 1.24. The van der Waals surface area contributed by atoms with Gasteiger partial charge in [-0.1, -0.05) is 6.92 Å². The van der Waals surface area contributed by atoms with E-state index in [0.717, 1.165) is 0 Å². The molecule has 0 amide bonds. The molecule has 0 spiro atoms. The van der Waals surface area contributed by atoms with Gasteiger partial charge in [0, 0.05) is 18.7 Å². The predicted molar refractivity (Wildman–Crippen MR) is 31.4 cm³/mol. The summed E-state index contributed by atoms with van der Waals surface area (Å²) in [5, 5.41) is 0. The zero-order valence-corrected chi connectivity index (χ0v) is 5.13. The number of hydrogen-bond donors (Lipinski definition) is 0. The highest BCUT2D eigenvalue weighted by Crippen LogP contribution is 1.92. The zero-order chi connectivity index (χ0) is 6.69. The average Bonchev–Trinajstić information content (AvgIpc) is 1.88. The molecule has 0 atom stereocenters. The van der Waals surface area contributed by atoms with Crippen LogP contribution in [0.2, 0.25) is 0 Å². The maximum Gasteiger partial charge on any atom is 0.216 e. The number of hydrogen-bond acceptors (Lipinski definition) is 2. The molecule has 0 N–H and O–H groups in total. The minimum Gasteiger partial charge on any atom is -0.241 e. The topological polar surface area (TPSA) is 25.8 Å². The molecular formula is C6H7FN2. The van der Waals surface area contributed by atoms with Crippen LogP contribution in [0.1, 0.15) is 12.7 Å². The molecule has 0 fully saturated rings. The van der Waals surface area contributed by atoms with Gasteiger partial charge in [-0.2, -0.15) is 4.39 Å². The van der Waals surface area contributed by atoms with Gasteiger partial charge in [-0.3, -0.25) is 0 Å². The van der Waals surface area contributed by atoms with Gasteiger partial charge in [0.05, 0.1) is 0 Å². The Morgan fingerprint density at radius 1 is 1.67 bits per heavy atom. The van der Waals surface area contributed by atoms with E-state index in [-0.39, 0.29) is 0 Å². The molecule has 1 rings (SSSR count). The molecule has 0 unspecified atom stereocenters. The fourth-order valence-electron chi connectivity index (χ4n) is 0.545. The van der Waals surface area contributed by atoms with Crippen LogP contribution in [0.3, 0.4) is 0 Å². The number of halogens is 1. The maximum atomic E-state index is 12.2. The van der Waals surface area contributed by atoms with E-state index in [2.05, 4.69) is 9.97 Å². The molecule has 3 heteroatoms. The Bertz CT molecular complexity index is 200. The predicted octanol–water partition coefficient (Wildman–Crippen LogP) is 1.18. The van der Waals surface area contributed by atoms with E-state index in [1.807, 2.05) is 6.92 Å². The SMILES string of the molecule is CCc1nccc(F)n1. The largest absolute Gasteiger partial charge is 0.241 e. The van der Waals surface area contributed by atoms with Crippen LogP contribution in [0.15, 0.2) is 12.3 Å². The second kappa shape index (κ2) is 2.53. The van der Waals surface area contributed by atoms with Crippen LogP contribution in [-0.4, -0.2) is 9.97 Å². The van der Waals surface area contributed by atoms with E-state index in [4.69, 9.17) is 0 Å². The molecule has 1 aromatic heterocycles. The van der Waals surface area contributed by atoms with Gasteiger partial charge < -0.3 is 0 Å². The van der Waals surface area contributed by atoms with Crippen LogP contribution < -0.4 is 0 Å². The minimum absolute atomic E-state index is 0.457. The summed E-state index contributed by atoms with van der Waals surface area (Å²) < 4.78 is 12.2. The first-order valence-electron chi connectivity index (χ1n) is 2.80. The summed E-state index contributed by atoms with van der Waals surface area (Å²) in [5.41, 5.74) is 0. The Balaban J connectivity index is 2.94. The van der Waals surface area contributed by atoms with Crippen LogP contribution in [-0.2, 0) is 6.42 Å². The summed E-state index contributed by atoms with van der Waals surface area (Å²) in [6.07, 6.45) is 2.10. The molecule has 2 nitrogen and oxygen atoms in total. The average molecular weight is 126 g/mol. The highest BCUT2D eigenvalue weighted by atomic mass is 19.1. The molecule has 0 saturated heterocycles. The lowest BCUT2D eigenvalue weighted by atomic mass is 10.4. The third-order valence-electron chi connectivity index (χ3n) is 0.988. The number of nitrogens with zero attached hydrogens (tertiary/aromatic N) is 2. The highest BCUT2D eigenvalue weighted by molar-refractivity contribution is 4.89. The summed E-state index contributed by atoms with van der Waals surface area (Å²) in [5.74, 6) is 0.0943. The Morgan fingerprint density at radius 2 is 2.44 bits per heavy atom. The molecule has 1 aromatic rings. The Kier molecular flexibility index (Phi) is 1.72.